The molecule has 4 aromatic rings. The van der Waals surface area contributed by atoms with Crippen molar-refractivity contribution >= 4 is 34.4 Å². The fraction of sp³-hybridized carbons (Fsp3) is 0.514. The lowest BCUT2D eigenvalue weighted by molar-refractivity contribution is -0.105. The predicted octanol–water partition coefficient (Wildman–Crippen LogP) is 8.91. The van der Waals surface area contributed by atoms with Crippen LogP contribution in [-0.2, 0) is 19.5 Å². The van der Waals surface area contributed by atoms with Crippen LogP contribution in [0.5, 0.6) is 5.75 Å². The average Bonchev–Trinajstić information content (AvgIpc) is 3.39. The van der Waals surface area contributed by atoms with Crippen LogP contribution in [-0.4, -0.2) is 36.2 Å². The number of hydrogen-bond acceptors (Lipinski definition) is 4. The molecule has 6 heteroatoms. The van der Waals surface area contributed by atoms with Gasteiger partial charge < -0.3 is 23.8 Å². The van der Waals surface area contributed by atoms with Gasteiger partial charge in [0.25, 0.3) is 0 Å². The predicted molar refractivity (Wildman–Crippen MR) is 178 cm³/mol. The van der Waals surface area contributed by atoms with E-state index in [2.05, 4.69) is 122 Å². The fourth-order valence-corrected chi connectivity index (χ4v) is 6.92. The van der Waals surface area contributed by atoms with E-state index in [1.807, 2.05) is 0 Å². The topological polar surface area (TPSA) is 52.7 Å². The summed E-state index contributed by atoms with van der Waals surface area (Å²) in [5.41, 5.74) is 5.66. The van der Waals surface area contributed by atoms with Crippen LogP contribution in [0.3, 0.4) is 0 Å². The zero-order valence-corrected chi connectivity index (χ0v) is 27.5. The molecular weight excluding hydrogens is 533 g/mol. The SMILES string of the molecule is CC(C)(C)CC(C)(C)c1cc(B2OC(C)(C)C(C)(C)O2)c(OC2CCCCO2)c(-c2ccc3c(c2)[nH]c2ccccc23)c1. The zero-order chi connectivity index (χ0) is 30.8. The minimum absolute atomic E-state index is 0.101. The summed E-state index contributed by atoms with van der Waals surface area (Å²) < 4.78 is 26.4. The van der Waals surface area contributed by atoms with Crippen LogP contribution in [0.15, 0.2) is 54.6 Å². The van der Waals surface area contributed by atoms with Crippen LogP contribution in [0.4, 0.5) is 0 Å². The minimum Gasteiger partial charge on any atom is -0.465 e. The third-order valence-corrected chi connectivity index (χ3v) is 9.58. The Hall–Kier alpha value is -2.80. The average molecular weight is 582 g/mol. The first-order chi connectivity index (χ1) is 20.1. The summed E-state index contributed by atoms with van der Waals surface area (Å²) in [5.74, 6) is 0.788. The van der Waals surface area contributed by atoms with E-state index in [1.54, 1.807) is 0 Å². The van der Waals surface area contributed by atoms with Gasteiger partial charge in [-0.15, -0.1) is 0 Å². The molecule has 1 N–H and O–H groups in total. The Morgan fingerprint density at radius 3 is 2.23 bits per heavy atom. The molecule has 0 saturated carbocycles. The van der Waals surface area contributed by atoms with E-state index in [0.29, 0.717) is 6.61 Å². The lowest BCUT2D eigenvalue weighted by Crippen LogP contribution is -2.41. The van der Waals surface area contributed by atoms with Crippen molar-refractivity contribution in [3.05, 3.63) is 60.2 Å². The van der Waals surface area contributed by atoms with Crippen molar-refractivity contribution in [2.45, 2.75) is 111 Å². The van der Waals surface area contributed by atoms with Gasteiger partial charge >= 0.3 is 7.12 Å². The monoisotopic (exact) mass is 581 g/mol. The highest BCUT2D eigenvalue weighted by Gasteiger charge is 2.53. The Bertz CT molecular complexity index is 1620. The molecule has 1 aromatic heterocycles. The second-order valence-electron chi connectivity index (χ2n) is 15.5. The summed E-state index contributed by atoms with van der Waals surface area (Å²) in [5, 5.41) is 2.45. The molecule has 2 aliphatic heterocycles. The molecule has 0 amide bonds. The van der Waals surface area contributed by atoms with E-state index in [-0.39, 0.29) is 17.1 Å². The summed E-state index contributed by atoms with van der Waals surface area (Å²) >= 11 is 0. The van der Waals surface area contributed by atoms with Gasteiger partial charge in [-0.25, -0.2) is 0 Å². The molecule has 1 atom stereocenters. The number of benzene rings is 3. The first-order valence-electron chi connectivity index (χ1n) is 16.0. The van der Waals surface area contributed by atoms with E-state index >= 15 is 0 Å². The van der Waals surface area contributed by atoms with Crippen molar-refractivity contribution in [2.24, 2.45) is 5.41 Å². The molecule has 0 spiro atoms. The van der Waals surface area contributed by atoms with E-state index in [1.165, 1.54) is 16.3 Å². The van der Waals surface area contributed by atoms with Crippen molar-refractivity contribution in [3.63, 3.8) is 0 Å². The van der Waals surface area contributed by atoms with Crippen LogP contribution in [0.1, 0.15) is 93.6 Å². The van der Waals surface area contributed by atoms with Gasteiger partial charge in [0.1, 0.15) is 5.75 Å². The number of rotatable bonds is 6. The third-order valence-electron chi connectivity index (χ3n) is 9.58. The highest BCUT2D eigenvalue weighted by molar-refractivity contribution is 6.63. The molecule has 1 unspecified atom stereocenters. The second kappa shape index (κ2) is 10.7. The summed E-state index contributed by atoms with van der Waals surface area (Å²) in [4.78, 5) is 3.64. The van der Waals surface area contributed by atoms with Gasteiger partial charge in [0, 0.05) is 39.3 Å². The molecule has 2 aliphatic rings. The van der Waals surface area contributed by atoms with Gasteiger partial charge in [0.05, 0.1) is 17.8 Å². The normalized spacial score (nSPS) is 20.7. The number of nitrogens with one attached hydrogen (secondary N) is 1. The van der Waals surface area contributed by atoms with Crippen LogP contribution >= 0.6 is 0 Å². The van der Waals surface area contributed by atoms with Gasteiger partial charge in [-0.3, -0.25) is 0 Å². The highest BCUT2D eigenvalue weighted by atomic mass is 16.7. The largest absolute Gasteiger partial charge is 0.498 e. The van der Waals surface area contributed by atoms with Crippen molar-refractivity contribution in [1.82, 2.24) is 4.98 Å². The first-order valence-corrected chi connectivity index (χ1v) is 16.0. The maximum Gasteiger partial charge on any atom is 0.498 e. The third kappa shape index (κ3) is 5.86. The van der Waals surface area contributed by atoms with Crippen molar-refractivity contribution in [3.8, 4) is 16.9 Å². The molecule has 2 saturated heterocycles. The fourth-order valence-electron chi connectivity index (χ4n) is 6.92. The van der Waals surface area contributed by atoms with Crippen molar-refractivity contribution in [1.29, 1.82) is 0 Å². The summed E-state index contributed by atoms with van der Waals surface area (Å²) in [6, 6.07) is 19.8. The molecule has 0 radical (unpaired) electrons. The first kappa shape index (κ1) is 30.2. The van der Waals surface area contributed by atoms with Crippen LogP contribution < -0.4 is 10.2 Å². The molecule has 2 fully saturated rings. The maximum absolute atomic E-state index is 6.87. The van der Waals surface area contributed by atoms with Crippen molar-refractivity contribution in [2.75, 3.05) is 6.61 Å². The molecule has 0 aliphatic carbocycles. The molecular formula is C37H48BNO4. The number of para-hydroxylation sites is 1. The van der Waals surface area contributed by atoms with Gasteiger partial charge in [0.2, 0.25) is 0 Å². The minimum atomic E-state index is -0.565. The van der Waals surface area contributed by atoms with Gasteiger partial charge in [-0.2, -0.15) is 0 Å². The van der Waals surface area contributed by atoms with E-state index in [0.717, 1.165) is 59.1 Å². The molecule has 6 rings (SSSR count). The number of fused-ring (bicyclic) bond motifs is 3. The van der Waals surface area contributed by atoms with Crippen LogP contribution in [0, 0.1) is 5.41 Å². The Morgan fingerprint density at radius 1 is 0.860 bits per heavy atom. The quantitative estimate of drug-likeness (QED) is 0.231. The molecule has 228 valence electrons. The van der Waals surface area contributed by atoms with E-state index in [4.69, 9.17) is 18.8 Å². The summed E-state index contributed by atoms with van der Waals surface area (Å²) in [6.07, 6.45) is 3.73. The Morgan fingerprint density at radius 2 is 1.56 bits per heavy atom. The number of hydrogen-bond donors (Lipinski definition) is 1. The van der Waals surface area contributed by atoms with Crippen LogP contribution in [0.25, 0.3) is 32.9 Å². The molecule has 0 bridgehead atoms. The number of aromatic nitrogens is 1. The number of aromatic amines is 1. The summed E-state index contributed by atoms with van der Waals surface area (Å²) in [6.45, 7) is 20.8. The van der Waals surface area contributed by atoms with Gasteiger partial charge in [0.15, 0.2) is 6.29 Å². The smallest absolute Gasteiger partial charge is 0.465 e. The Labute approximate surface area is 257 Å². The summed E-state index contributed by atoms with van der Waals surface area (Å²) in [7, 11) is -0.565. The Kier molecular flexibility index (Phi) is 7.51. The van der Waals surface area contributed by atoms with Crippen molar-refractivity contribution < 1.29 is 18.8 Å². The maximum atomic E-state index is 6.87. The van der Waals surface area contributed by atoms with E-state index < -0.39 is 18.3 Å². The van der Waals surface area contributed by atoms with Gasteiger partial charge in [-0.1, -0.05) is 71.0 Å². The standard InChI is InChI=1S/C37H48BNO4/c1-34(2,3)23-35(4,5)25-21-28(24-17-18-27-26-14-10-11-15-30(26)39-31(27)20-24)33(41-32-16-12-13-19-40-32)29(22-25)38-42-36(6,7)37(8,9)43-38/h10-11,14-15,17-18,20-22,32,39H,12-13,16,19,23H2,1-9H3. The molecule has 5 nitrogen and oxygen atoms in total. The van der Waals surface area contributed by atoms with E-state index in [9.17, 15) is 0 Å². The highest BCUT2D eigenvalue weighted by Crippen LogP contribution is 2.43. The zero-order valence-electron chi connectivity index (χ0n) is 27.5. The number of H-pyrrole nitrogens is 1. The molecule has 3 heterocycles. The Balaban J connectivity index is 1.58. The lowest BCUT2D eigenvalue weighted by Gasteiger charge is -2.35. The number of ether oxygens (including phenoxy) is 2. The molecule has 43 heavy (non-hydrogen) atoms. The second-order valence-corrected chi connectivity index (χ2v) is 15.5. The lowest BCUT2D eigenvalue weighted by atomic mass is 9.68. The van der Waals surface area contributed by atoms with Gasteiger partial charge in [-0.05, 0) is 87.1 Å². The van der Waals surface area contributed by atoms with Crippen LogP contribution in [0.2, 0.25) is 0 Å². The molecule has 3 aromatic carbocycles.